The largest absolute Gasteiger partial charge is 0.347 e. The Balaban J connectivity index is 1.49. The molecule has 1 N–H and O–H groups in total. The molecule has 0 aliphatic carbocycles. The molecule has 0 saturated carbocycles. The molecule has 0 bridgehead atoms. The number of aryl methyl sites for hydroxylation is 1. The SMILES string of the molecule is Cc1nc(CN(C(=O)c2ccc(CNC(=O)c3cccs3)cc2)c2ccc(F)cc2)cs1. The van der Waals surface area contributed by atoms with Gasteiger partial charge >= 0.3 is 0 Å². The van der Waals surface area contributed by atoms with Gasteiger partial charge in [0.1, 0.15) is 5.82 Å². The molecule has 0 aliphatic rings. The summed E-state index contributed by atoms with van der Waals surface area (Å²) in [7, 11) is 0. The summed E-state index contributed by atoms with van der Waals surface area (Å²) in [4.78, 5) is 32.1. The number of hydrogen-bond acceptors (Lipinski definition) is 5. The first kappa shape index (κ1) is 21.9. The van der Waals surface area contributed by atoms with Gasteiger partial charge in [0.25, 0.3) is 11.8 Å². The molecule has 2 aromatic heterocycles. The molecule has 0 aliphatic heterocycles. The number of halogens is 1. The summed E-state index contributed by atoms with van der Waals surface area (Å²) in [6.45, 7) is 2.56. The summed E-state index contributed by atoms with van der Waals surface area (Å²) < 4.78 is 13.4. The molecule has 2 amide bonds. The van der Waals surface area contributed by atoms with Gasteiger partial charge in [-0.3, -0.25) is 9.59 Å². The zero-order valence-corrected chi connectivity index (χ0v) is 18.9. The zero-order valence-electron chi connectivity index (χ0n) is 17.2. The summed E-state index contributed by atoms with van der Waals surface area (Å²) in [5.41, 5.74) is 2.75. The minimum atomic E-state index is -0.361. The average molecular weight is 466 g/mol. The van der Waals surface area contributed by atoms with Crippen LogP contribution in [0.25, 0.3) is 0 Å². The Morgan fingerprint density at radius 2 is 1.78 bits per heavy atom. The lowest BCUT2D eigenvalue weighted by molar-refractivity contribution is 0.0952. The summed E-state index contributed by atoms with van der Waals surface area (Å²) >= 11 is 2.90. The third-order valence-electron chi connectivity index (χ3n) is 4.77. The Morgan fingerprint density at radius 3 is 2.41 bits per heavy atom. The first-order valence-corrected chi connectivity index (χ1v) is 11.6. The van der Waals surface area contributed by atoms with Crippen LogP contribution < -0.4 is 10.2 Å². The molecule has 8 heteroatoms. The van der Waals surface area contributed by atoms with Crippen molar-refractivity contribution < 1.29 is 14.0 Å². The molecule has 0 radical (unpaired) electrons. The molecule has 4 aromatic rings. The third-order valence-corrected chi connectivity index (χ3v) is 6.46. The number of benzene rings is 2. The monoisotopic (exact) mass is 465 g/mol. The summed E-state index contributed by atoms with van der Waals surface area (Å²) in [6, 6.07) is 16.5. The normalized spacial score (nSPS) is 10.7. The highest BCUT2D eigenvalue weighted by Gasteiger charge is 2.19. The standard InChI is InChI=1S/C24H20FN3O2S2/c1-16-27-20(15-32-16)14-28(21-10-8-19(25)9-11-21)24(30)18-6-4-17(5-7-18)13-26-23(29)22-3-2-12-31-22/h2-12,15H,13-14H2,1H3,(H,26,29). The van der Waals surface area contributed by atoms with Crippen LogP contribution >= 0.6 is 22.7 Å². The molecular weight excluding hydrogens is 445 g/mol. The maximum Gasteiger partial charge on any atom is 0.261 e. The fraction of sp³-hybridized carbons (Fsp3) is 0.125. The maximum absolute atomic E-state index is 13.4. The predicted molar refractivity (Wildman–Crippen MR) is 126 cm³/mol. The smallest absolute Gasteiger partial charge is 0.261 e. The lowest BCUT2D eigenvalue weighted by Crippen LogP contribution is -2.30. The zero-order chi connectivity index (χ0) is 22.5. The molecule has 5 nitrogen and oxygen atoms in total. The molecule has 0 atom stereocenters. The molecule has 0 spiro atoms. The highest BCUT2D eigenvalue weighted by Crippen LogP contribution is 2.22. The van der Waals surface area contributed by atoms with Gasteiger partial charge in [-0.15, -0.1) is 22.7 Å². The van der Waals surface area contributed by atoms with E-state index in [0.29, 0.717) is 22.7 Å². The third kappa shape index (κ3) is 5.27. The minimum Gasteiger partial charge on any atom is -0.347 e. The van der Waals surface area contributed by atoms with Gasteiger partial charge in [-0.05, 0) is 60.3 Å². The van der Waals surface area contributed by atoms with Crippen molar-refractivity contribution in [1.82, 2.24) is 10.3 Å². The van der Waals surface area contributed by atoms with Gasteiger partial charge in [-0.25, -0.2) is 9.37 Å². The maximum atomic E-state index is 13.4. The number of aromatic nitrogens is 1. The van der Waals surface area contributed by atoms with E-state index in [1.54, 1.807) is 35.2 Å². The predicted octanol–water partition coefficient (Wildman–Crippen LogP) is 5.43. The van der Waals surface area contributed by atoms with Gasteiger partial charge in [0.05, 0.1) is 22.1 Å². The van der Waals surface area contributed by atoms with E-state index in [4.69, 9.17) is 0 Å². The number of thiazole rings is 1. The van der Waals surface area contributed by atoms with E-state index in [-0.39, 0.29) is 24.2 Å². The first-order chi connectivity index (χ1) is 15.5. The van der Waals surface area contributed by atoms with Crippen molar-refractivity contribution in [2.75, 3.05) is 4.90 Å². The second kappa shape index (κ2) is 9.84. The van der Waals surface area contributed by atoms with E-state index in [1.165, 1.54) is 34.8 Å². The summed E-state index contributed by atoms with van der Waals surface area (Å²) in [5, 5.41) is 7.56. The van der Waals surface area contributed by atoms with Gasteiger partial charge in [-0.2, -0.15) is 0 Å². The van der Waals surface area contributed by atoms with Crippen molar-refractivity contribution in [2.24, 2.45) is 0 Å². The van der Waals surface area contributed by atoms with Crippen molar-refractivity contribution in [2.45, 2.75) is 20.0 Å². The van der Waals surface area contributed by atoms with Crippen LogP contribution in [0.2, 0.25) is 0 Å². The van der Waals surface area contributed by atoms with E-state index in [2.05, 4.69) is 10.3 Å². The van der Waals surface area contributed by atoms with Crippen LogP contribution in [0.15, 0.2) is 71.4 Å². The summed E-state index contributed by atoms with van der Waals surface area (Å²) in [6.07, 6.45) is 0. The second-order valence-corrected chi connectivity index (χ2v) is 9.09. The van der Waals surface area contributed by atoms with Gasteiger partial charge in [0, 0.05) is 23.2 Å². The van der Waals surface area contributed by atoms with Crippen LogP contribution in [-0.4, -0.2) is 16.8 Å². The highest BCUT2D eigenvalue weighted by atomic mass is 32.1. The lowest BCUT2D eigenvalue weighted by Gasteiger charge is -2.22. The number of amides is 2. The highest BCUT2D eigenvalue weighted by molar-refractivity contribution is 7.12. The van der Waals surface area contributed by atoms with Gasteiger partial charge in [-0.1, -0.05) is 18.2 Å². The number of carbonyl (C=O) groups is 2. The van der Waals surface area contributed by atoms with Crippen LogP contribution in [-0.2, 0) is 13.1 Å². The first-order valence-electron chi connectivity index (χ1n) is 9.88. The Kier molecular flexibility index (Phi) is 6.72. The number of nitrogens with one attached hydrogen (secondary N) is 1. The topological polar surface area (TPSA) is 62.3 Å². The van der Waals surface area contributed by atoms with Crippen molar-refractivity contribution in [1.29, 1.82) is 0 Å². The number of carbonyl (C=O) groups excluding carboxylic acids is 2. The van der Waals surface area contributed by atoms with E-state index in [1.807, 2.05) is 35.9 Å². The second-order valence-electron chi connectivity index (χ2n) is 7.08. The van der Waals surface area contributed by atoms with Crippen LogP contribution in [0.4, 0.5) is 10.1 Å². The Labute approximate surface area is 193 Å². The van der Waals surface area contributed by atoms with Crippen LogP contribution in [0.1, 0.15) is 36.3 Å². The molecule has 0 saturated heterocycles. The molecule has 2 heterocycles. The van der Waals surface area contributed by atoms with Crippen molar-refractivity contribution in [3.63, 3.8) is 0 Å². The number of thiophene rings is 1. The summed E-state index contributed by atoms with van der Waals surface area (Å²) in [5.74, 6) is -0.697. The average Bonchev–Trinajstić information content (AvgIpc) is 3.48. The minimum absolute atomic E-state index is 0.124. The van der Waals surface area contributed by atoms with Gasteiger partial charge in [0.2, 0.25) is 0 Å². The molecule has 162 valence electrons. The number of hydrogen-bond donors (Lipinski definition) is 1. The van der Waals surface area contributed by atoms with Crippen LogP contribution in [0, 0.1) is 12.7 Å². The van der Waals surface area contributed by atoms with Gasteiger partial charge in [0.15, 0.2) is 0 Å². The molecular formula is C24H20FN3O2S2. The Bertz CT molecular complexity index is 1200. The number of anilines is 1. The van der Waals surface area contributed by atoms with Crippen molar-refractivity contribution in [3.05, 3.63) is 104 Å². The number of nitrogens with zero attached hydrogens (tertiary/aromatic N) is 2. The van der Waals surface area contributed by atoms with E-state index in [0.717, 1.165) is 16.3 Å². The van der Waals surface area contributed by atoms with E-state index >= 15 is 0 Å². The molecule has 0 unspecified atom stereocenters. The fourth-order valence-electron chi connectivity index (χ4n) is 3.14. The quantitative estimate of drug-likeness (QED) is 0.396. The van der Waals surface area contributed by atoms with Crippen molar-refractivity contribution in [3.8, 4) is 0 Å². The Morgan fingerprint density at radius 1 is 1.03 bits per heavy atom. The molecule has 32 heavy (non-hydrogen) atoms. The van der Waals surface area contributed by atoms with Crippen LogP contribution in [0.5, 0.6) is 0 Å². The molecule has 2 aromatic carbocycles. The van der Waals surface area contributed by atoms with E-state index in [9.17, 15) is 14.0 Å². The van der Waals surface area contributed by atoms with Crippen LogP contribution in [0.3, 0.4) is 0 Å². The lowest BCUT2D eigenvalue weighted by atomic mass is 10.1. The Hall–Kier alpha value is -3.36. The van der Waals surface area contributed by atoms with Gasteiger partial charge < -0.3 is 10.2 Å². The van der Waals surface area contributed by atoms with Crippen molar-refractivity contribution >= 4 is 40.2 Å². The fourth-order valence-corrected chi connectivity index (χ4v) is 4.39. The molecule has 0 fully saturated rings. The number of rotatable bonds is 7. The molecule has 4 rings (SSSR count). The van der Waals surface area contributed by atoms with E-state index < -0.39 is 0 Å².